The summed E-state index contributed by atoms with van der Waals surface area (Å²) < 4.78 is 12.3. The Hall–Kier alpha value is -4.63. The molecule has 3 heteroatoms. The standard InChI is InChI=1S/C36H24O3/c1-38-29-16-26-21-7-4-3-6-18(21)14-19-10-12-23-34-30(39-2)17-27-22-8-5-9-28(37)25(22)15-20-11-13-24(36(34)32(20)27)33(29)35(23)31(19)26/h3-8,10-13,16-17H,9,14-15H2,1-2H3. The maximum Gasteiger partial charge on any atom is 0.163 e. The number of benzene rings is 6. The maximum atomic E-state index is 12.9. The van der Waals surface area contributed by atoms with Gasteiger partial charge in [-0.2, -0.15) is 0 Å². The topological polar surface area (TPSA) is 35.5 Å². The second-order valence-electron chi connectivity index (χ2n) is 11.0. The number of carbonyl (C=O) groups is 1. The Labute approximate surface area is 225 Å². The first-order valence-corrected chi connectivity index (χ1v) is 13.5. The van der Waals surface area contributed by atoms with Crippen LogP contribution in [0.5, 0.6) is 11.5 Å². The Bertz CT molecular complexity index is 2180. The summed E-state index contributed by atoms with van der Waals surface area (Å²) in [5.41, 5.74) is 9.47. The van der Waals surface area contributed by atoms with Crippen LogP contribution in [0.4, 0.5) is 0 Å². The van der Waals surface area contributed by atoms with Gasteiger partial charge < -0.3 is 9.47 Å². The molecule has 0 aromatic heterocycles. The highest BCUT2D eigenvalue weighted by Gasteiger charge is 2.31. The lowest BCUT2D eigenvalue weighted by Gasteiger charge is -2.29. The summed E-state index contributed by atoms with van der Waals surface area (Å²) in [7, 11) is 3.53. The van der Waals surface area contributed by atoms with Gasteiger partial charge in [-0.1, -0.05) is 60.7 Å². The Morgan fingerprint density at radius 3 is 1.97 bits per heavy atom. The number of Topliss-reactive ketones (excluding diaryl/α,β-unsaturated/α-hetero) is 1. The number of fused-ring (bicyclic) bond motifs is 5. The van der Waals surface area contributed by atoms with E-state index in [2.05, 4.69) is 66.7 Å². The molecule has 3 nitrogen and oxygen atoms in total. The van der Waals surface area contributed by atoms with Crippen molar-refractivity contribution in [2.75, 3.05) is 14.2 Å². The van der Waals surface area contributed by atoms with Crippen LogP contribution in [0.1, 0.15) is 28.7 Å². The molecule has 0 N–H and O–H groups in total. The van der Waals surface area contributed by atoms with Gasteiger partial charge in [-0.05, 0) is 79.1 Å². The molecule has 6 aromatic carbocycles. The predicted octanol–water partition coefficient (Wildman–Crippen LogP) is 8.16. The molecule has 186 valence electrons. The average Bonchev–Trinajstić information content (AvgIpc) is 2.98. The Morgan fingerprint density at radius 2 is 1.26 bits per heavy atom. The molecule has 0 heterocycles. The maximum absolute atomic E-state index is 12.9. The van der Waals surface area contributed by atoms with Crippen molar-refractivity contribution in [3.63, 3.8) is 0 Å². The average molecular weight is 505 g/mol. The van der Waals surface area contributed by atoms with Crippen LogP contribution >= 0.6 is 0 Å². The van der Waals surface area contributed by atoms with Crippen LogP contribution in [0.2, 0.25) is 0 Å². The van der Waals surface area contributed by atoms with E-state index in [9.17, 15) is 4.79 Å². The molecule has 6 aromatic rings. The van der Waals surface area contributed by atoms with E-state index >= 15 is 0 Å². The van der Waals surface area contributed by atoms with Gasteiger partial charge in [0.05, 0.1) is 14.2 Å². The lowest BCUT2D eigenvalue weighted by molar-refractivity contribution is -0.114. The third kappa shape index (κ3) is 2.51. The van der Waals surface area contributed by atoms with Gasteiger partial charge in [0.1, 0.15) is 11.5 Å². The molecule has 0 radical (unpaired) electrons. The summed E-state index contributed by atoms with van der Waals surface area (Å²) in [6.07, 6.45) is 6.18. The van der Waals surface area contributed by atoms with Crippen molar-refractivity contribution in [3.05, 3.63) is 101 Å². The summed E-state index contributed by atoms with van der Waals surface area (Å²) >= 11 is 0. The highest BCUT2D eigenvalue weighted by atomic mass is 16.5. The first-order valence-electron chi connectivity index (χ1n) is 13.5. The third-order valence-electron chi connectivity index (χ3n) is 9.24. The molecule has 0 aliphatic heterocycles. The molecule has 0 unspecified atom stereocenters. The fraction of sp³-hybridized carbons (Fsp3) is 0.139. The molecule has 3 aliphatic carbocycles. The minimum Gasteiger partial charge on any atom is -0.496 e. The second-order valence-corrected chi connectivity index (χ2v) is 11.0. The highest BCUT2D eigenvalue weighted by Crippen LogP contribution is 2.54. The van der Waals surface area contributed by atoms with Crippen molar-refractivity contribution >= 4 is 54.4 Å². The normalized spacial score (nSPS) is 15.5. The fourth-order valence-electron chi connectivity index (χ4n) is 7.65. The number of ether oxygens (including phenoxy) is 2. The fourth-order valence-corrected chi connectivity index (χ4v) is 7.65. The molecular weight excluding hydrogens is 480 g/mol. The van der Waals surface area contributed by atoms with Crippen molar-refractivity contribution in [2.24, 2.45) is 0 Å². The molecular formula is C36H24O3. The molecule has 39 heavy (non-hydrogen) atoms. The van der Waals surface area contributed by atoms with Gasteiger partial charge in [-0.15, -0.1) is 0 Å². The summed E-state index contributed by atoms with van der Waals surface area (Å²) in [5, 5.41) is 9.64. The summed E-state index contributed by atoms with van der Waals surface area (Å²) in [5.74, 6) is 1.95. The van der Waals surface area contributed by atoms with E-state index in [4.69, 9.17) is 9.47 Å². The largest absolute Gasteiger partial charge is 0.496 e. The van der Waals surface area contributed by atoms with Crippen LogP contribution < -0.4 is 9.47 Å². The second kappa shape index (κ2) is 7.27. The third-order valence-corrected chi connectivity index (χ3v) is 9.24. The lowest BCUT2D eigenvalue weighted by atomic mass is 9.75. The number of rotatable bonds is 2. The van der Waals surface area contributed by atoms with E-state index in [0.717, 1.165) is 45.4 Å². The molecule has 0 saturated carbocycles. The predicted molar refractivity (Wildman–Crippen MR) is 158 cm³/mol. The molecule has 9 rings (SSSR count). The van der Waals surface area contributed by atoms with Gasteiger partial charge in [-0.25, -0.2) is 0 Å². The van der Waals surface area contributed by atoms with Crippen molar-refractivity contribution in [1.29, 1.82) is 0 Å². The van der Waals surface area contributed by atoms with Crippen LogP contribution in [0.3, 0.4) is 0 Å². The Balaban J connectivity index is 1.55. The summed E-state index contributed by atoms with van der Waals surface area (Å²) in [6, 6.07) is 22.2. The van der Waals surface area contributed by atoms with E-state index < -0.39 is 0 Å². The van der Waals surface area contributed by atoms with Gasteiger partial charge in [0.2, 0.25) is 0 Å². The van der Waals surface area contributed by atoms with Crippen molar-refractivity contribution < 1.29 is 14.3 Å². The molecule has 0 fully saturated rings. The summed E-state index contributed by atoms with van der Waals surface area (Å²) in [6.45, 7) is 0. The SMILES string of the molecule is COc1cc2c3c(ccc4c5c(OC)cc6c7c(ccc(c1c34)c75)Cc1ccccc1-6)CC1=C2C=CCC1=O. The monoisotopic (exact) mass is 504 g/mol. The molecule has 0 amide bonds. The van der Waals surface area contributed by atoms with E-state index in [1.807, 2.05) is 6.08 Å². The minimum absolute atomic E-state index is 0.220. The zero-order valence-corrected chi connectivity index (χ0v) is 21.8. The number of hydrogen-bond acceptors (Lipinski definition) is 3. The number of carbonyl (C=O) groups excluding carboxylic acids is 1. The van der Waals surface area contributed by atoms with E-state index in [1.165, 1.54) is 60.1 Å². The first-order chi connectivity index (χ1) is 19.2. The number of hydrogen-bond donors (Lipinski definition) is 0. The highest BCUT2D eigenvalue weighted by molar-refractivity contribution is 6.38. The van der Waals surface area contributed by atoms with Gasteiger partial charge in [0.25, 0.3) is 0 Å². The molecule has 0 bridgehead atoms. The molecule has 0 saturated heterocycles. The number of allylic oxidation sites excluding steroid dienone is 4. The van der Waals surface area contributed by atoms with Crippen LogP contribution in [-0.2, 0) is 17.6 Å². The molecule has 0 spiro atoms. The zero-order valence-electron chi connectivity index (χ0n) is 21.8. The molecule has 3 aliphatic rings. The smallest absolute Gasteiger partial charge is 0.163 e. The lowest BCUT2D eigenvalue weighted by Crippen LogP contribution is -2.14. The molecule has 0 atom stereocenters. The van der Waals surface area contributed by atoms with Crippen LogP contribution in [-0.4, -0.2) is 20.0 Å². The van der Waals surface area contributed by atoms with Gasteiger partial charge in [0.15, 0.2) is 5.78 Å². The quantitative estimate of drug-likeness (QED) is 0.176. The first kappa shape index (κ1) is 21.3. The van der Waals surface area contributed by atoms with E-state index in [0.29, 0.717) is 12.8 Å². The van der Waals surface area contributed by atoms with Crippen LogP contribution in [0.15, 0.2) is 78.4 Å². The van der Waals surface area contributed by atoms with Crippen LogP contribution in [0, 0.1) is 0 Å². The van der Waals surface area contributed by atoms with Gasteiger partial charge in [0, 0.05) is 40.0 Å². The Kier molecular flexibility index (Phi) is 3.97. The number of methoxy groups -OCH3 is 2. The van der Waals surface area contributed by atoms with Gasteiger partial charge >= 0.3 is 0 Å². The number of ketones is 1. The van der Waals surface area contributed by atoms with E-state index in [1.54, 1.807) is 14.2 Å². The van der Waals surface area contributed by atoms with Crippen molar-refractivity contribution in [3.8, 4) is 22.6 Å². The zero-order chi connectivity index (χ0) is 26.0. The Morgan fingerprint density at radius 1 is 0.615 bits per heavy atom. The van der Waals surface area contributed by atoms with E-state index in [-0.39, 0.29) is 5.78 Å². The van der Waals surface area contributed by atoms with Gasteiger partial charge in [-0.3, -0.25) is 4.79 Å². The van der Waals surface area contributed by atoms with Crippen molar-refractivity contribution in [2.45, 2.75) is 19.3 Å². The van der Waals surface area contributed by atoms with Crippen molar-refractivity contribution in [1.82, 2.24) is 0 Å². The van der Waals surface area contributed by atoms with Crippen LogP contribution in [0.25, 0.3) is 59.8 Å². The summed E-state index contributed by atoms with van der Waals surface area (Å²) in [4.78, 5) is 12.9. The minimum atomic E-state index is 0.220.